The first-order chi connectivity index (χ1) is 10.1. The molecule has 0 saturated carbocycles. The van der Waals surface area contributed by atoms with Crippen molar-refractivity contribution in [2.75, 3.05) is 13.2 Å². The third-order valence-electron chi connectivity index (χ3n) is 2.91. The largest absolute Gasteiger partial charge is 0.493 e. The van der Waals surface area contributed by atoms with Gasteiger partial charge in [-0.2, -0.15) is 0 Å². The van der Waals surface area contributed by atoms with Gasteiger partial charge in [0.1, 0.15) is 5.56 Å². The molecular formula is C14H15N3O4. The van der Waals surface area contributed by atoms with E-state index in [1.54, 1.807) is 30.3 Å². The molecule has 0 atom stereocenters. The van der Waals surface area contributed by atoms with Crippen LogP contribution in [-0.4, -0.2) is 38.6 Å². The summed E-state index contributed by atoms with van der Waals surface area (Å²) in [4.78, 5) is 29.9. The maximum absolute atomic E-state index is 11.9. The summed E-state index contributed by atoms with van der Waals surface area (Å²) in [6, 6.07) is 8.44. The van der Waals surface area contributed by atoms with Crippen molar-refractivity contribution in [1.82, 2.24) is 9.55 Å². The number of aromatic hydroxyl groups is 1. The molecule has 0 fully saturated rings. The summed E-state index contributed by atoms with van der Waals surface area (Å²) < 4.78 is 0.995. The number of aromatic amines is 1. The summed E-state index contributed by atoms with van der Waals surface area (Å²) in [6.45, 7) is 1.46. The molecule has 0 aliphatic carbocycles. The standard InChI is InChI=1S/C14H15N3O4/c1-9(15-7-8-18)11-12(19)16-14(21)17(13(11)20)10-5-3-2-4-6-10/h2-6,18,20H,7-8H2,1H3,(H,16,19,21). The van der Waals surface area contributed by atoms with Gasteiger partial charge in [-0.1, -0.05) is 18.2 Å². The van der Waals surface area contributed by atoms with Crippen LogP contribution in [0.2, 0.25) is 0 Å². The number of aliphatic imine (C=N–C) groups is 1. The molecule has 0 saturated heterocycles. The normalized spacial score (nSPS) is 11.6. The van der Waals surface area contributed by atoms with Gasteiger partial charge >= 0.3 is 5.69 Å². The molecule has 7 heteroatoms. The second kappa shape index (κ2) is 6.19. The zero-order valence-electron chi connectivity index (χ0n) is 11.4. The Balaban J connectivity index is 2.70. The highest BCUT2D eigenvalue weighted by Gasteiger charge is 2.17. The Morgan fingerprint density at radius 1 is 1.29 bits per heavy atom. The number of aliphatic hydroxyl groups excluding tert-OH is 1. The summed E-state index contributed by atoms with van der Waals surface area (Å²) in [5.41, 5.74) is -0.877. The number of hydrogen-bond donors (Lipinski definition) is 3. The number of rotatable bonds is 4. The van der Waals surface area contributed by atoms with Crippen molar-refractivity contribution in [3.8, 4) is 11.6 Å². The third kappa shape index (κ3) is 2.92. The van der Waals surface area contributed by atoms with Crippen LogP contribution in [0.4, 0.5) is 0 Å². The molecule has 0 unspecified atom stereocenters. The first kappa shape index (κ1) is 14.7. The van der Waals surface area contributed by atoms with E-state index in [0.29, 0.717) is 5.69 Å². The van der Waals surface area contributed by atoms with E-state index < -0.39 is 17.1 Å². The van der Waals surface area contributed by atoms with Crippen molar-refractivity contribution < 1.29 is 10.2 Å². The molecule has 1 aromatic carbocycles. The molecule has 0 spiro atoms. The van der Waals surface area contributed by atoms with Gasteiger partial charge in [-0.3, -0.25) is 14.8 Å². The monoisotopic (exact) mass is 289 g/mol. The van der Waals surface area contributed by atoms with E-state index in [1.165, 1.54) is 6.92 Å². The quantitative estimate of drug-likeness (QED) is 0.690. The third-order valence-corrected chi connectivity index (χ3v) is 2.91. The molecular weight excluding hydrogens is 274 g/mol. The van der Waals surface area contributed by atoms with E-state index in [0.717, 1.165) is 4.57 Å². The number of H-pyrrole nitrogens is 1. The highest BCUT2D eigenvalue weighted by molar-refractivity contribution is 6.00. The van der Waals surface area contributed by atoms with E-state index in [2.05, 4.69) is 9.98 Å². The Morgan fingerprint density at radius 2 is 1.95 bits per heavy atom. The molecule has 110 valence electrons. The van der Waals surface area contributed by atoms with Crippen LogP contribution in [0.1, 0.15) is 12.5 Å². The number of aromatic nitrogens is 2. The van der Waals surface area contributed by atoms with Gasteiger partial charge in [0.25, 0.3) is 5.56 Å². The minimum absolute atomic E-state index is 0.0908. The molecule has 2 rings (SSSR count). The Kier molecular flexibility index (Phi) is 4.34. The second-order valence-corrected chi connectivity index (χ2v) is 4.32. The molecule has 2 aromatic rings. The van der Waals surface area contributed by atoms with Gasteiger partial charge in [0.15, 0.2) is 0 Å². The number of hydrogen-bond acceptors (Lipinski definition) is 5. The minimum atomic E-state index is -0.734. The van der Waals surface area contributed by atoms with E-state index in [9.17, 15) is 14.7 Å². The molecule has 0 aliphatic rings. The Morgan fingerprint density at radius 3 is 2.57 bits per heavy atom. The Labute approximate surface area is 119 Å². The number of para-hydroxylation sites is 1. The number of nitrogens with zero attached hydrogens (tertiary/aromatic N) is 2. The predicted molar refractivity (Wildman–Crippen MR) is 78.5 cm³/mol. The highest BCUT2D eigenvalue weighted by Crippen LogP contribution is 2.16. The summed E-state index contributed by atoms with van der Waals surface area (Å²) in [5.74, 6) is -0.478. The summed E-state index contributed by atoms with van der Waals surface area (Å²) in [6.07, 6.45) is 0. The zero-order valence-corrected chi connectivity index (χ0v) is 11.4. The lowest BCUT2D eigenvalue weighted by molar-refractivity contribution is 0.307. The van der Waals surface area contributed by atoms with Crippen LogP contribution in [0, 0.1) is 0 Å². The van der Waals surface area contributed by atoms with Crippen LogP contribution in [-0.2, 0) is 0 Å². The summed E-state index contributed by atoms with van der Waals surface area (Å²) >= 11 is 0. The maximum Gasteiger partial charge on any atom is 0.335 e. The molecule has 0 radical (unpaired) electrons. The number of benzene rings is 1. The summed E-state index contributed by atoms with van der Waals surface area (Å²) in [5, 5.41) is 19.0. The number of aliphatic hydroxyl groups is 1. The molecule has 3 N–H and O–H groups in total. The number of nitrogens with one attached hydrogen (secondary N) is 1. The van der Waals surface area contributed by atoms with Gasteiger partial charge in [0.05, 0.1) is 18.8 Å². The lowest BCUT2D eigenvalue weighted by Crippen LogP contribution is -2.32. The van der Waals surface area contributed by atoms with Crippen molar-refractivity contribution in [2.45, 2.75) is 6.92 Å². The van der Waals surface area contributed by atoms with E-state index >= 15 is 0 Å². The average molecular weight is 289 g/mol. The topological polar surface area (TPSA) is 108 Å². The van der Waals surface area contributed by atoms with Crippen LogP contribution < -0.4 is 11.2 Å². The van der Waals surface area contributed by atoms with Crippen molar-refractivity contribution in [2.24, 2.45) is 4.99 Å². The molecule has 0 aliphatic heterocycles. The zero-order chi connectivity index (χ0) is 15.4. The highest BCUT2D eigenvalue weighted by atomic mass is 16.3. The lowest BCUT2D eigenvalue weighted by Gasteiger charge is -2.11. The van der Waals surface area contributed by atoms with Crippen LogP contribution in [0.5, 0.6) is 5.88 Å². The lowest BCUT2D eigenvalue weighted by atomic mass is 10.2. The first-order valence-electron chi connectivity index (χ1n) is 6.32. The van der Waals surface area contributed by atoms with Crippen molar-refractivity contribution in [3.63, 3.8) is 0 Å². The van der Waals surface area contributed by atoms with Crippen molar-refractivity contribution >= 4 is 5.71 Å². The fraction of sp³-hybridized carbons (Fsp3) is 0.214. The van der Waals surface area contributed by atoms with Crippen molar-refractivity contribution in [1.29, 1.82) is 0 Å². The van der Waals surface area contributed by atoms with Crippen molar-refractivity contribution in [3.05, 3.63) is 56.7 Å². The fourth-order valence-corrected chi connectivity index (χ4v) is 1.96. The van der Waals surface area contributed by atoms with E-state index in [1.807, 2.05) is 0 Å². The predicted octanol–water partition coefficient (Wildman–Crippen LogP) is 0.0327. The van der Waals surface area contributed by atoms with Crippen LogP contribution in [0.15, 0.2) is 44.9 Å². The van der Waals surface area contributed by atoms with Crippen LogP contribution in [0.25, 0.3) is 5.69 Å². The molecule has 0 amide bonds. The van der Waals surface area contributed by atoms with Gasteiger partial charge in [-0.25, -0.2) is 9.36 Å². The SMILES string of the molecule is CC(=NCCO)c1c(O)n(-c2ccccc2)c(=O)[nH]c1=O. The second-order valence-electron chi connectivity index (χ2n) is 4.32. The van der Waals surface area contributed by atoms with Gasteiger partial charge in [0, 0.05) is 5.71 Å². The Bertz CT molecular complexity index is 775. The van der Waals surface area contributed by atoms with Crippen LogP contribution >= 0.6 is 0 Å². The smallest absolute Gasteiger partial charge is 0.335 e. The van der Waals surface area contributed by atoms with E-state index in [-0.39, 0.29) is 24.4 Å². The molecule has 1 heterocycles. The molecule has 21 heavy (non-hydrogen) atoms. The van der Waals surface area contributed by atoms with Gasteiger partial charge in [-0.15, -0.1) is 0 Å². The van der Waals surface area contributed by atoms with Gasteiger partial charge in [0.2, 0.25) is 5.88 Å². The summed E-state index contributed by atoms with van der Waals surface area (Å²) in [7, 11) is 0. The van der Waals surface area contributed by atoms with E-state index in [4.69, 9.17) is 5.11 Å². The maximum atomic E-state index is 11.9. The fourth-order valence-electron chi connectivity index (χ4n) is 1.96. The average Bonchev–Trinajstić information content (AvgIpc) is 2.45. The molecule has 1 aromatic heterocycles. The molecule has 0 bridgehead atoms. The Hall–Kier alpha value is -2.67. The molecule has 7 nitrogen and oxygen atoms in total. The van der Waals surface area contributed by atoms with Crippen LogP contribution in [0.3, 0.4) is 0 Å². The van der Waals surface area contributed by atoms with Gasteiger partial charge < -0.3 is 10.2 Å². The van der Waals surface area contributed by atoms with Gasteiger partial charge in [-0.05, 0) is 19.1 Å². The minimum Gasteiger partial charge on any atom is -0.493 e. The first-order valence-corrected chi connectivity index (χ1v) is 6.32.